The van der Waals surface area contributed by atoms with Gasteiger partial charge in [0, 0.05) is 12.2 Å². The Labute approximate surface area is 149 Å². The smallest absolute Gasteiger partial charge is 0.378 e. The SMILES string of the molecule is CCOC(OO)(C(=O)OCC(C)CC(C)(C)C)C(=O)c1ccccc1. The normalized spacial score (nSPS) is 15.3. The molecule has 0 aromatic heterocycles. The molecular formula is C19H28O6. The van der Waals surface area contributed by atoms with Crippen molar-refractivity contribution in [3.05, 3.63) is 35.9 Å². The second-order valence-electron chi connectivity index (χ2n) is 7.30. The minimum atomic E-state index is -2.52. The summed E-state index contributed by atoms with van der Waals surface area (Å²) < 4.78 is 10.4. The van der Waals surface area contributed by atoms with Gasteiger partial charge >= 0.3 is 11.8 Å². The van der Waals surface area contributed by atoms with Gasteiger partial charge in [-0.3, -0.25) is 4.79 Å². The van der Waals surface area contributed by atoms with Crippen molar-refractivity contribution in [2.45, 2.75) is 46.8 Å². The molecule has 2 unspecified atom stereocenters. The van der Waals surface area contributed by atoms with E-state index in [9.17, 15) is 14.8 Å². The lowest BCUT2D eigenvalue weighted by atomic mass is 9.86. The van der Waals surface area contributed by atoms with Gasteiger partial charge in [0.1, 0.15) is 0 Å². The number of carbonyl (C=O) groups is 2. The monoisotopic (exact) mass is 352 g/mol. The largest absolute Gasteiger partial charge is 0.461 e. The van der Waals surface area contributed by atoms with E-state index in [0.717, 1.165) is 6.42 Å². The molecule has 6 nitrogen and oxygen atoms in total. The summed E-state index contributed by atoms with van der Waals surface area (Å²) in [6, 6.07) is 8.01. The number of ketones is 1. The summed E-state index contributed by atoms with van der Waals surface area (Å²) in [5.41, 5.74) is 0.251. The predicted octanol–water partition coefficient (Wildman–Crippen LogP) is 3.71. The van der Waals surface area contributed by atoms with Crippen LogP contribution in [0.25, 0.3) is 0 Å². The Bertz CT molecular complexity index is 563. The maximum atomic E-state index is 12.7. The van der Waals surface area contributed by atoms with Crippen LogP contribution < -0.4 is 0 Å². The van der Waals surface area contributed by atoms with Crippen LogP contribution in [0, 0.1) is 11.3 Å². The zero-order valence-corrected chi connectivity index (χ0v) is 15.6. The van der Waals surface area contributed by atoms with Crippen molar-refractivity contribution in [3.8, 4) is 0 Å². The third-order valence-electron chi connectivity index (χ3n) is 3.54. The predicted molar refractivity (Wildman–Crippen MR) is 93.0 cm³/mol. The van der Waals surface area contributed by atoms with E-state index in [1.807, 2.05) is 6.92 Å². The van der Waals surface area contributed by atoms with Crippen molar-refractivity contribution < 1.29 is 29.2 Å². The average Bonchev–Trinajstić information content (AvgIpc) is 2.56. The molecule has 0 aliphatic carbocycles. The molecule has 0 saturated heterocycles. The summed E-state index contributed by atoms with van der Waals surface area (Å²) in [5, 5.41) is 9.31. The molecule has 2 atom stereocenters. The molecule has 1 N–H and O–H groups in total. The van der Waals surface area contributed by atoms with Gasteiger partial charge in [-0.2, -0.15) is 4.89 Å². The number of Topliss-reactive ketones (excluding diaryl/α,β-unsaturated/α-hetero) is 1. The van der Waals surface area contributed by atoms with Crippen LogP contribution in [0.1, 0.15) is 51.4 Å². The zero-order valence-electron chi connectivity index (χ0n) is 15.6. The quantitative estimate of drug-likeness (QED) is 0.182. The molecule has 0 aliphatic rings. The van der Waals surface area contributed by atoms with E-state index in [2.05, 4.69) is 25.7 Å². The lowest BCUT2D eigenvalue weighted by molar-refractivity contribution is -0.368. The van der Waals surface area contributed by atoms with E-state index in [-0.39, 0.29) is 30.1 Å². The van der Waals surface area contributed by atoms with Gasteiger partial charge < -0.3 is 9.47 Å². The first-order chi connectivity index (χ1) is 11.7. The van der Waals surface area contributed by atoms with Gasteiger partial charge in [-0.15, -0.1) is 0 Å². The number of benzene rings is 1. The van der Waals surface area contributed by atoms with Gasteiger partial charge in [0.15, 0.2) is 0 Å². The Morgan fingerprint density at radius 2 is 1.76 bits per heavy atom. The van der Waals surface area contributed by atoms with Crippen molar-refractivity contribution in [2.75, 3.05) is 13.2 Å². The van der Waals surface area contributed by atoms with Crippen molar-refractivity contribution in [2.24, 2.45) is 11.3 Å². The fourth-order valence-electron chi connectivity index (χ4n) is 2.72. The Morgan fingerprint density at radius 1 is 1.16 bits per heavy atom. The highest BCUT2D eigenvalue weighted by Gasteiger charge is 2.52. The van der Waals surface area contributed by atoms with Gasteiger partial charge in [-0.05, 0) is 24.7 Å². The third-order valence-corrected chi connectivity index (χ3v) is 3.54. The number of carbonyl (C=O) groups excluding carboxylic acids is 2. The molecule has 25 heavy (non-hydrogen) atoms. The maximum absolute atomic E-state index is 12.7. The molecule has 0 saturated carbocycles. The van der Waals surface area contributed by atoms with Gasteiger partial charge in [0.2, 0.25) is 5.78 Å². The van der Waals surface area contributed by atoms with Gasteiger partial charge in [0.25, 0.3) is 0 Å². The van der Waals surface area contributed by atoms with Crippen LogP contribution in [0.2, 0.25) is 0 Å². The third kappa shape index (κ3) is 5.92. The highest BCUT2D eigenvalue weighted by molar-refractivity contribution is 6.14. The Balaban J connectivity index is 2.93. The molecule has 0 bridgehead atoms. The summed E-state index contributed by atoms with van der Waals surface area (Å²) in [7, 11) is 0. The van der Waals surface area contributed by atoms with Crippen LogP contribution in [0.15, 0.2) is 30.3 Å². The molecule has 0 heterocycles. The van der Waals surface area contributed by atoms with E-state index in [0.29, 0.717) is 0 Å². The molecule has 0 aliphatic heterocycles. The standard InChI is InChI=1S/C19H28O6/c1-6-24-19(25-22,16(20)15-10-8-7-9-11-15)17(21)23-13-14(2)12-18(3,4)5/h7-11,14,22H,6,12-13H2,1-5H3. The van der Waals surface area contributed by atoms with Crippen molar-refractivity contribution in [3.63, 3.8) is 0 Å². The van der Waals surface area contributed by atoms with Crippen LogP contribution in [-0.4, -0.2) is 36.0 Å². The fraction of sp³-hybridized carbons (Fsp3) is 0.579. The Morgan fingerprint density at radius 3 is 2.24 bits per heavy atom. The van der Waals surface area contributed by atoms with Crippen molar-refractivity contribution >= 4 is 11.8 Å². The molecule has 1 rings (SSSR count). The molecule has 0 spiro atoms. The first-order valence-electron chi connectivity index (χ1n) is 8.40. The topological polar surface area (TPSA) is 82.1 Å². The van der Waals surface area contributed by atoms with E-state index in [1.165, 1.54) is 12.1 Å². The highest BCUT2D eigenvalue weighted by Crippen LogP contribution is 2.26. The Kier molecular flexibility index (Phi) is 7.73. The average molecular weight is 352 g/mol. The van der Waals surface area contributed by atoms with Gasteiger partial charge in [0.05, 0.1) is 6.61 Å². The minimum Gasteiger partial charge on any atom is -0.461 e. The van der Waals surface area contributed by atoms with Crippen LogP contribution >= 0.6 is 0 Å². The number of ether oxygens (including phenoxy) is 2. The van der Waals surface area contributed by atoms with E-state index in [1.54, 1.807) is 25.1 Å². The summed E-state index contributed by atoms with van der Waals surface area (Å²) >= 11 is 0. The summed E-state index contributed by atoms with van der Waals surface area (Å²) in [5.74, 6) is -4.32. The summed E-state index contributed by atoms with van der Waals surface area (Å²) in [6.45, 7) is 9.87. The lowest BCUT2D eigenvalue weighted by Crippen LogP contribution is -2.52. The highest BCUT2D eigenvalue weighted by atomic mass is 17.2. The minimum absolute atomic E-state index is 0.0220. The van der Waals surface area contributed by atoms with E-state index in [4.69, 9.17) is 9.47 Å². The molecule has 140 valence electrons. The summed E-state index contributed by atoms with van der Waals surface area (Å²) in [6.07, 6.45) is 0.828. The number of hydrogen-bond acceptors (Lipinski definition) is 6. The number of hydrogen-bond donors (Lipinski definition) is 1. The molecule has 0 amide bonds. The van der Waals surface area contributed by atoms with Gasteiger partial charge in [-0.25, -0.2) is 10.1 Å². The van der Waals surface area contributed by atoms with Crippen LogP contribution in [0.3, 0.4) is 0 Å². The molecule has 0 radical (unpaired) electrons. The fourth-order valence-corrected chi connectivity index (χ4v) is 2.72. The number of esters is 1. The summed E-state index contributed by atoms with van der Waals surface area (Å²) in [4.78, 5) is 29.5. The first kappa shape index (κ1) is 21.3. The second-order valence-corrected chi connectivity index (χ2v) is 7.30. The van der Waals surface area contributed by atoms with Crippen molar-refractivity contribution in [1.82, 2.24) is 0 Å². The molecule has 6 heteroatoms. The maximum Gasteiger partial charge on any atom is 0.378 e. The van der Waals surface area contributed by atoms with E-state index < -0.39 is 17.5 Å². The van der Waals surface area contributed by atoms with Crippen LogP contribution in [0.4, 0.5) is 0 Å². The molecule has 1 aromatic carbocycles. The Hall–Kier alpha value is -1.76. The lowest BCUT2D eigenvalue weighted by Gasteiger charge is -2.28. The molecule has 0 fully saturated rings. The molecular weight excluding hydrogens is 324 g/mol. The number of rotatable bonds is 9. The molecule has 1 aromatic rings. The van der Waals surface area contributed by atoms with Crippen LogP contribution in [-0.2, 0) is 19.2 Å². The van der Waals surface area contributed by atoms with Crippen molar-refractivity contribution in [1.29, 1.82) is 0 Å². The zero-order chi connectivity index (χ0) is 19.1. The van der Waals surface area contributed by atoms with Gasteiger partial charge in [-0.1, -0.05) is 58.0 Å². The van der Waals surface area contributed by atoms with Crippen LogP contribution in [0.5, 0.6) is 0 Å². The van der Waals surface area contributed by atoms with E-state index >= 15 is 0 Å². The first-order valence-corrected chi connectivity index (χ1v) is 8.40. The second kappa shape index (κ2) is 9.08.